The number of oxazole rings is 1. The molecule has 29 heavy (non-hydrogen) atoms. The number of hydrogen-bond donors (Lipinski definition) is 1. The number of tetrazole rings is 1. The smallest absolute Gasteiger partial charge is 0.748 e. The Morgan fingerprint density at radius 1 is 1.31 bits per heavy atom. The van der Waals surface area contributed by atoms with E-state index in [9.17, 15) is 22.9 Å². The van der Waals surface area contributed by atoms with Crippen LogP contribution < -0.4 is 62.4 Å². The minimum Gasteiger partial charge on any atom is -0.748 e. The van der Waals surface area contributed by atoms with Crippen molar-refractivity contribution in [1.82, 2.24) is 39.8 Å². The Hall–Kier alpha value is -2.08. The van der Waals surface area contributed by atoms with Crippen molar-refractivity contribution < 1.29 is 73.9 Å². The quantitative estimate of drug-likeness (QED) is 0.227. The number of aromatic hydroxyl groups is 1. The Kier molecular flexibility index (Phi) is 6.22. The molecule has 0 bridgehead atoms. The molecule has 144 valence electrons. The van der Waals surface area contributed by atoms with Gasteiger partial charge in [0.05, 0.1) is 27.3 Å². The van der Waals surface area contributed by atoms with Crippen LogP contribution in [-0.2, 0) is 16.7 Å². The van der Waals surface area contributed by atoms with Crippen molar-refractivity contribution >= 4 is 21.8 Å². The van der Waals surface area contributed by atoms with E-state index in [1.54, 1.807) is 0 Å². The van der Waals surface area contributed by atoms with E-state index in [2.05, 4.69) is 30.6 Å². The Balaban J connectivity index is 0.00000240. The number of rotatable bonds is 5. The summed E-state index contributed by atoms with van der Waals surface area (Å²) in [6, 6.07) is 0. The molecule has 0 aromatic carbocycles. The molecule has 14 nitrogen and oxygen atoms in total. The van der Waals surface area contributed by atoms with Crippen molar-refractivity contribution in [3.63, 3.8) is 0 Å². The standard InChI is InChI=1S/C13H10N8O6S.K/c22-12-9(27-13(23)20(12)3-4-28(24,25)26)5-7-10(8-6-14-1-2-15-8)17-21-11(7)16-18-19-21;/h1-2,5-6,22H,3-4H2,(H,24,25,26);/q;+1/p-1/b7-5-;. The topological polar surface area (TPSA) is 194 Å². The Morgan fingerprint density at radius 3 is 2.79 bits per heavy atom. The van der Waals surface area contributed by atoms with E-state index in [0.717, 1.165) is 4.63 Å². The molecule has 0 aliphatic heterocycles. The molecule has 0 fully saturated rings. The van der Waals surface area contributed by atoms with Gasteiger partial charge in [-0.3, -0.25) is 9.97 Å². The van der Waals surface area contributed by atoms with Gasteiger partial charge in [0.1, 0.15) is 11.4 Å². The summed E-state index contributed by atoms with van der Waals surface area (Å²) < 4.78 is 39.0. The summed E-state index contributed by atoms with van der Waals surface area (Å²) in [6.07, 6.45) is 5.60. The summed E-state index contributed by atoms with van der Waals surface area (Å²) in [5.74, 6) is -2.88. The van der Waals surface area contributed by atoms with E-state index in [4.69, 9.17) is 4.42 Å². The fourth-order valence-electron chi connectivity index (χ4n) is 2.45. The van der Waals surface area contributed by atoms with Crippen LogP contribution >= 0.6 is 0 Å². The SMILES string of the molecule is O=c1oc(/C=c2/c(-c3cnccn3)nn3nnnc23)c(O)n1CCS(=O)(=O)[O-].[K+]. The van der Waals surface area contributed by atoms with Gasteiger partial charge in [-0.05, 0) is 10.4 Å². The Morgan fingerprint density at radius 2 is 2.10 bits per heavy atom. The number of hydrogen-bond acceptors (Lipinski definition) is 12. The zero-order valence-corrected chi connectivity index (χ0v) is 18.6. The van der Waals surface area contributed by atoms with Gasteiger partial charge >= 0.3 is 57.1 Å². The predicted molar refractivity (Wildman–Crippen MR) is 87.6 cm³/mol. The molecule has 0 radical (unpaired) electrons. The summed E-state index contributed by atoms with van der Waals surface area (Å²) in [5.41, 5.74) is 0.833. The average molecular weight is 444 g/mol. The first-order valence-corrected chi connectivity index (χ1v) is 9.13. The van der Waals surface area contributed by atoms with Gasteiger partial charge < -0.3 is 14.1 Å². The normalized spacial score (nSPS) is 12.4. The van der Waals surface area contributed by atoms with Gasteiger partial charge in [-0.15, -0.1) is 14.8 Å². The van der Waals surface area contributed by atoms with Crippen LogP contribution in [0.2, 0.25) is 0 Å². The fourth-order valence-corrected chi connectivity index (χ4v) is 2.86. The molecule has 0 saturated heterocycles. The third-order valence-corrected chi connectivity index (χ3v) is 4.37. The van der Waals surface area contributed by atoms with E-state index in [0.29, 0.717) is 10.3 Å². The second-order valence-electron chi connectivity index (χ2n) is 5.46. The van der Waals surface area contributed by atoms with Crippen LogP contribution in [0, 0.1) is 0 Å². The van der Waals surface area contributed by atoms with E-state index >= 15 is 0 Å². The zero-order valence-electron chi connectivity index (χ0n) is 14.7. The van der Waals surface area contributed by atoms with Gasteiger partial charge in [0.25, 0.3) is 0 Å². The van der Waals surface area contributed by atoms with Gasteiger partial charge in [-0.25, -0.2) is 17.8 Å². The maximum atomic E-state index is 11.9. The van der Waals surface area contributed by atoms with Crippen LogP contribution in [0.1, 0.15) is 5.76 Å². The van der Waals surface area contributed by atoms with Gasteiger partial charge in [0.15, 0.2) is 5.76 Å². The van der Waals surface area contributed by atoms with Crippen molar-refractivity contribution in [2.24, 2.45) is 0 Å². The summed E-state index contributed by atoms with van der Waals surface area (Å²) in [6.45, 7) is -0.563. The molecule has 0 spiro atoms. The molecular formula is C13H9KN8O6S. The van der Waals surface area contributed by atoms with Crippen molar-refractivity contribution in [1.29, 1.82) is 0 Å². The molecule has 4 aromatic rings. The first-order chi connectivity index (χ1) is 13.3. The van der Waals surface area contributed by atoms with Crippen LogP contribution in [0.25, 0.3) is 23.1 Å². The summed E-state index contributed by atoms with van der Waals surface area (Å²) in [7, 11) is -4.59. The molecule has 0 amide bonds. The number of fused-ring (bicyclic) bond motifs is 1. The van der Waals surface area contributed by atoms with Crippen molar-refractivity contribution in [2.75, 3.05) is 5.75 Å². The average Bonchev–Trinajstić information content (AvgIpc) is 3.30. The van der Waals surface area contributed by atoms with E-state index in [1.807, 2.05) is 0 Å². The Labute approximate surface area is 203 Å². The minimum absolute atomic E-state index is 0. The largest absolute Gasteiger partial charge is 1.00 e. The van der Waals surface area contributed by atoms with Gasteiger partial charge in [-0.1, -0.05) is 0 Å². The van der Waals surface area contributed by atoms with Crippen LogP contribution in [0.5, 0.6) is 5.88 Å². The van der Waals surface area contributed by atoms with Crippen LogP contribution in [0.3, 0.4) is 0 Å². The summed E-state index contributed by atoms with van der Waals surface area (Å²) in [4.78, 5) is 20.0. The predicted octanol–water partition coefficient (Wildman–Crippen LogP) is -5.47. The van der Waals surface area contributed by atoms with Crippen LogP contribution in [0.4, 0.5) is 0 Å². The molecule has 4 rings (SSSR count). The van der Waals surface area contributed by atoms with Crippen molar-refractivity contribution in [3.8, 4) is 17.3 Å². The second kappa shape index (κ2) is 8.34. The molecule has 16 heteroatoms. The maximum Gasteiger partial charge on any atom is 1.00 e. The third-order valence-electron chi connectivity index (χ3n) is 3.68. The minimum atomic E-state index is -4.59. The van der Waals surface area contributed by atoms with Crippen LogP contribution in [0.15, 0.2) is 27.8 Å². The molecule has 0 aliphatic rings. The van der Waals surface area contributed by atoms with Crippen molar-refractivity contribution in [3.05, 3.63) is 40.1 Å². The monoisotopic (exact) mass is 444 g/mol. The maximum absolute atomic E-state index is 11.9. The zero-order chi connectivity index (χ0) is 19.9. The second-order valence-corrected chi connectivity index (χ2v) is 6.98. The van der Waals surface area contributed by atoms with Gasteiger partial charge in [0.2, 0.25) is 11.5 Å². The van der Waals surface area contributed by atoms with E-state index in [-0.39, 0.29) is 73.7 Å². The van der Waals surface area contributed by atoms with Gasteiger partial charge in [-0.2, -0.15) is 0 Å². The number of aromatic nitrogens is 8. The summed E-state index contributed by atoms with van der Waals surface area (Å²) in [5, 5.41) is 25.7. The first kappa shape index (κ1) is 21.6. The molecule has 4 heterocycles. The van der Waals surface area contributed by atoms with Gasteiger partial charge in [0, 0.05) is 25.0 Å². The Bertz CT molecular complexity index is 1380. The molecular weight excluding hydrogens is 435 g/mol. The third kappa shape index (κ3) is 4.42. The number of nitrogens with zero attached hydrogens (tertiary/aromatic N) is 8. The molecule has 1 N–H and O–H groups in total. The molecule has 0 saturated carbocycles. The molecule has 0 unspecified atom stereocenters. The van der Waals surface area contributed by atoms with E-state index < -0.39 is 34.1 Å². The molecule has 0 aliphatic carbocycles. The fraction of sp³-hybridized carbons (Fsp3) is 0.154. The first-order valence-electron chi connectivity index (χ1n) is 7.56. The summed E-state index contributed by atoms with van der Waals surface area (Å²) >= 11 is 0. The van der Waals surface area contributed by atoms with Crippen LogP contribution in [-0.4, -0.2) is 63.6 Å². The molecule has 0 atom stereocenters. The molecule has 4 aromatic heterocycles. The van der Waals surface area contributed by atoms with Crippen molar-refractivity contribution in [2.45, 2.75) is 6.54 Å². The van der Waals surface area contributed by atoms with E-state index in [1.165, 1.54) is 24.7 Å².